The number of hydrogen-bond acceptors (Lipinski definition) is 6. The number of rotatable bonds is 7. The van der Waals surface area contributed by atoms with Crippen molar-refractivity contribution in [3.8, 4) is 5.75 Å². The summed E-state index contributed by atoms with van der Waals surface area (Å²) in [5.41, 5.74) is 1.33. The predicted molar refractivity (Wildman–Crippen MR) is 105 cm³/mol. The van der Waals surface area contributed by atoms with Gasteiger partial charge in [0.2, 0.25) is 5.91 Å². The molecule has 2 N–H and O–H groups in total. The summed E-state index contributed by atoms with van der Waals surface area (Å²) < 4.78 is 32.1. The lowest BCUT2D eigenvalue weighted by molar-refractivity contribution is -0.115. The number of carbonyl (C=O) groups is 1. The SMILES string of the molecule is COc1cccc(CC(=O)Nc2ccc(S(=O)(=O)Nc3nccs3)cc2)c1. The fraction of sp³-hybridized carbons (Fsp3) is 0.111. The number of ether oxygens (including phenoxy) is 1. The molecule has 0 atom stereocenters. The Bertz CT molecular complexity index is 1020. The van der Waals surface area contributed by atoms with Gasteiger partial charge in [-0.2, -0.15) is 0 Å². The number of methoxy groups -OCH3 is 1. The molecule has 0 radical (unpaired) electrons. The van der Waals surface area contributed by atoms with Crippen LogP contribution in [-0.4, -0.2) is 26.4 Å². The van der Waals surface area contributed by atoms with E-state index in [1.54, 1.807) is 36.8 Å². The van der Waals surface area contributed by atoms with E-state index >= 15 is 0 Å². The minimum atomic E-state index is -3.71. The molecule has 0 aliphatic carbocycles. The lowest BCUT2D eigenvalue weighted by Crippen LogP contribution is -2.15. The molecule has 0 spiro atoms. The lowest BCUT2D eigenvalue weighted by atomic mass is 10.1. The standard InChI is InChI=1S/C18H17N3O4S2/c1-25-15-4-2-3-13(11-15)12-17(22)20-14-5-7-16(8-6-14)27(23,24)21-18-19-9-10-26-18/h2-11H,12H2,1H3,(H,19,21)(H,20,22). The average molecular weight is 403 g/mol. The van der Waals surface area contributed by atoms with E-state index in [1.807, 2.05) is 12.1 Å². The van der Waals surface area contributed by atoms with Crippen molar-refractivity contribution in [1.82, 2.24) is 4.98 Å². The number of anilines is 2. The smallest absolute Gasteiger partial charge is 0.263 e. The Morgan fingerprint density at radius 2 is 1.96 bits per heavy atom. The third-order valence-corrected chi connectivity index (χ3v) is 5.77. The number of thiazole rings is 1. The zero-order valence-electron chi connectivity index (χ0n) is 14.4. The van der Waals surface area contributed by atoms with E-state index in [1.165, 1.54) is 29.7 Å². The molecule has 3 aromatic rings. The summed E-state index contributed by atoms with van der Waals surface area (Å²) in [4.78, 5) is 16.2. The van der Waals surface area contributed by atoms with Gasteiger partial charge >= 0.3 is 0 Å². The van der Waals surface area contributed by atoms with Gasteiger partial charge < -0.3 is 10.1 Å². The van der Waals surface area contributed by atoms with Gasteiger partial charge in [-0.15, -0.1) is 11.3 Å². The molecule has 0 unspecified atom stereocenters. The van der Waals surface area contributed by atoms with Gasteiger partial charge in [-0.1, -0.05) is 12.1 Å². The van der Waals surface area contributed by atoms with Crippen LogP contribution in [0.2, 0.25) is 0 Å². The Balaban J connectivity index is 1.64. The first-order valence-corrected chi connectivity index (χ1v) is 10.3. The van der Waals surface area contributed by atoms with Crippen LogP contribution in [-0.2, 0) is 21.2 Å². The maximum absolute atomic E-state index is 12.3. The molecule has 0 saturated heterocycles. The number of nitrogens with zero attached hydrogens (tertiary/aromatic N) is 1. The van der Waals surface area contributed by atoms with Crippen molar-refractivity contribution in [3.63, 3.8) is 0 Å². The first-order chi connectivity index (χ1) is 13.0. The van der Waals surface area contributed by atoms with Crippen LogP contribution in [0.15, 0.2) is 65.0 Å². The molecule has 0 bridgehead atoms. The minimum Gasteiger partial charge on any atom is -0.497 e. The van der Waals surface area contributed by atoms with Gasteiger partial charge in [0.15, 0.2) is 5.13 Å². The largest absolute Gasteiger partial charge is 0.497 e. The molecule has 0 saturated carbocycles. The van der Waals surface area contributed by atoms with E-state index in [0.717, 1.165) is 5.56 Å². The van der Waals surface area contributed by atoms with Gasteiger partial charge in [-0.25, -0.2) is 13.4 Å². The summed E-state index contributed by atoms with van der Waals surface area (Å²) in [7, 11) is -2.15. The molecular formula is C18H17N3O4S2. The number of carbonyl (C=O) groups excluding carboxylic acids is 1. The van der Waals surface area contributed by atoms with Gasteiger partial charge in [-0.3, -0.25) is 9.52 Å². The predicted octanol–water partition coefficient (Wildman–Crippen LogP) is 3.13. The Morgan fingerprint density at radius 1 is 1.19 bits per heavy atom. The van der Waals surface area contributed by atoms with Gasteiger partial charge in [-0.05, 0) is 42.0 Å². The number of sulfonamides is 1. The highest BCUT2D eigenvalue weighted by Gasteiger charge is 2.15. The van der Waals surface area contributed by atoms with E-state index in [9.17, 15) is 13.2 Å². The lowest BCUT2D eigenvalue weighted by Gasteiger charge is -2.08. The molecule has 1 amide bonds. The molecule has 3 rings (SSSR count). The third-order valence-electron chi connectivity index (χ3n) is 3.60. The summed E-state index contributed by atoms with van der Waals surface area (Å²) in [5, 5.41) is 4.72. The van der Waals surface area contributed by atoms with Gasteiger partial charge in [0.1, 0.15) is 5.75 Å². The Labute approximate surface area is 161 Å². The number of benzene rings is 2. The fourth-order valence-electron chi connectivity index (χ4n) is 2.34. The molecule has 1 heterocycles. The second kappa shape index (κ2) is 8.19. The summed E-state index contributed by atoms with van der Waals surface area (Å²) in [6, 6.07) is 13.2. The van der Waals surface area contributed by atoms with Crippen molar-refractivity contribution in [2.45, 2.75) is 11.3 Å². The van der Waals surface area contributed by atoms with Crippen LogP contribution in [0.5, 0.6) is 5.75 Å². The topological polar surface area (TPSA) is 97.4 Å². The van der Waals surface area contributed by atoms with Gasteiger partial charge in [0, 0.05) is 17.3 Å². The third kappa shape index (κ3) is 5.05. The maximum atomic E-state index is 12.3. The average Bonchev–Trinajstić information content (AvgIpc) is 3.14. The van der Waals surface area contributed by atoms with Crippen LogP contribution in [0.3, 0.4) is 0 Å². The van der Waals surface area contributed by atoms with Gasteiger partial charge in [0.05, 0.1) is 18.4 Å². The quantitative estimate of drug-likeness (QED) is 0.632. The van der Waals surface area contributed by atoms with E-state index in [4.69, 9.17) is 4.74 Å². The molecule has 0 aliphatic rings. The fourth-order valence-corrected chi connectivity index (χ4v) is 4.13. The van der Waals surface area contributed by atoms with Crippen LogP contribution in [0.1, 0.15) is 5.56 Å². The second-order valence-electron chi connectivity index (χ2n) is 5.54. The highest BCUT2D eigenvalue weighted by Crippen LogP contribution is 2.20. The Morgan fingerprint density at radius 3 is 2.63 bits per heavy atom. The van der Waals surface area contributed by atoms with Crippen LogP contribution >= 0.6 is 11.3 Å². The molecule has 0 fully saturated rings. The molecule has 27 heavy (non-hydrogen) atoms. The molecule has 9 heteroatoms. The normalized spacial score (nSPS) is 11.0. The highest BCUT2D eigenvalue weighted by atomic mass is 32.2. The zero-order chi connectivity index (χ0) is 19.3. The molecule has 2 aromatic carbocycles. The number of amides is 1. The van der Waals surface area contributed by atoms with E-state index in [0.29, 0.717) is 16.6 Å². The van der Waals surface area contributed by atoms with Crippen molar-refractivity contribution >= 4 is 38.1 Å². The summed E-state index contributed by atoms with van der Waals surface area (Å²) in [5.74, 6) is 0.474. The summed E-state index contributed by atoms with van der Waals surface area (Å²) in [6.45, 7) is 0. The first kappa shape index (κ1) is 18.9. The van der Waals surface area contributed by atoms with Crippen LogP contribution in [0.25, 0.3) is 0 Å². The molecule has 7 nitrogen and oxygen atoms in total. The monoisotopic (exact) mass is 403 g/mol. The number of hydrogen-bond donors (Lipinski definition) is 2. The second-order valence-corrected chi connectivity index (χ2v) is 8.12. The Hall–Kier alpha value is -2.91. The summed E-state index contributed by atoms with van der Waals surface area (Å²) in [6.07, 6.45) is 1.70. The van der Waals surface area contributed by atoms with Crippen LogP contribution in [0, 0.1) is 0 Å². The van der Waals surface area contributed by atoms with Crippen LogP contribution < -0.4 is 14.8 Å². The van der Waals surface area contributed by atoms with Crippen molar-refractivity contribution in [2.24, 2.45) is 0 Å². The minimum absolute atomic E-state index is 0.0866. The van der Waals surface area contributed by atoms with Crippen molar-refractivity contribution in [2.75, 3.05) is 17.1 Å². The van der Waals surface area contributed by atoms with E-state index < -0.39 is 10.0 Å². The van der Waals surface area contributed by atoms with Crippen molar-refractivity contribution in [3.05, 3.63) is 65.7 Å². The Kier molecular flexibility index (Phi) is 5.72. The molecule has 1 aromatic heterocycles. The van der Waals surface area contributed by atoms with Gasteiger partial charge in [0.25, 0.3) is 10.0 Å². The van der Waals surface area contributed by atoms with E-state index in [2.05, 4.69) is 15.0 Å². The summed E-state index contributed by atoms with van der Waals surface area (Å²) >= 11 is 1.19. The van der Waals surface area contributed by atoms with Crippen LogP contribution in [0.4, 0.5) is 10.8 Å². The highest BCUT2D eigenvalue weighted by molar-refractivity contribution is 7.93. The zero-order valence-corrected chi connectivity index (χ0v) is 16.0. The number of nitrogens with one attached hydrogen (secondary N) is 2. The molecular weight excluding hydrogens is 386 g/mol. The van der Waals surface area contributed by atoms with Crippen molar-refractivity contribution < 1.29 is 17.9 Å². The number of aromatic nitrogens is 1. The molecule has 0 aliphatic heterocycles. The maximum Gasteiger partial charge on any atom is 0.263 e. The van der Waals surface area contributed by atoms with E-state index in [-0.39, 0.29) is 17.2 Å². The first-order valence-electron chi connectivity index (χ1n) is 7.91. The molecule has 140 valence electrons. The van der Waals surface area contributed by atoms with Crippen molar-refractivity contribution in [1.29, 1.82) is 0 Å².